The van der Waals surface area contributed by atoms with Crippen LogP contribution < -0.4 is 4.74 Å². The second-order valence-electron chi connectivity index (χ2n) is 2.34. The van der Waals surface area contributed by atoms with Crippen molar-refractivity contribution in [2.45, 2.75) is 6.36 Å². The van der Waals surface area contributed by atoms with Gasteiger partial charge in [-0.2, -0.15) is 0 Å². The van der Waals surface area contributed by atoms with Crippen molar-refractivity contribution in [2.24, 2.45) is 0 Å². The lowest BCUT2D eigenvalue weighted by molar-refractivity contribution is -0.275. The molecule has 0 radical (unpaired) electrons. The van der Waals surface area contributed by atoms with Crippen molar-refractivity contribution in [1.82, 2.24) is 4.98 Å². The third-order valence-electron chi connectivity index (χ3n) is 1.31. The molecule has 1 aromatic heterocycles. The molecule has 0 aromatic carbocycles. The number of alkyl halides is 3. The molecule has 1 aromatic rings. The molecule has 0 saturated carbocycles. The Balaban J connectivity index is 3.21. The van der Waals surface area contributed by atoms with Crippen molar-refractivity contribution >= 4 is 28.9 Å². The predicted molar refractivity (Wildman–Crippen MR) is 50.7 cm³/mol. The highest BCUT2D eigenvalue weighted by Crippen LogP contribution is 2.35. The van der Waals surface area contributed by atoms with Gasteiger partial charge in [-0.3, -0.25) is 4.79 Å². The van der Waals surface area contributed by atoms with E-state index in [1.165, 1.54) is 22.6 Å². The Morgan fingerprint density at radius 2 is 2.13 bits per heavy atom. The molecule has 0 unspecified atom stereocenters. The molecular formula is C7H3F3INO3. The smallest absolute Gasteiger partial charge is 0.503 e. The maximum Gasteiger partial charge on any atom is 0.573 e. The molecule has 0 aliphatic heterocycles. The van der Waals surface area contributed by atoms with Gasteiger partial charge in [0.1, 0.15) is 5.69 Å². The van der Waals surface area contributed by atoms with E-state index in [9.17, 15) is 18.0 Å². The van der Waals surface area contributed by atoms with E-state index in [-0.39, 0.29) is 15.6 Å². The van der Waals surface area contributed by atoms with Gasteiger partial charge in [0.25, 0.3) is 0 Å². The van der Waals surface area contributed by atoms with E-state index in [2.05, 4.69) is 9.72 Å². The van der Waals surface area contributed by atoms with Gasteiger partial charge in [0.05, 0.1) is 9.77 Å². The van der Waals surface area contributed by atoms with E-state index in [0.717, 1.165) is 0 Å². The molecule has 4 nitrogen and oxygen atoms in total. The lowest BCUT2D eigenvalue weighted by Crippen LogP contribution is -2.18. The first-order valence-corrected chi connectivity index (χ1v) is 4.51. The van der Waals surface area contributed by atoms with Gasteiger partial charge in [-0.15, -0.1) is 13.2 Å². The largest absolute Gasteiger partial charge is 0.573 e. The standard InChI is InChI=1S/C7H3F3INO3/c8-7(9,10)15-6-4(14)1-12-3(2-13)5(6)11/h1-2,14H. The number of ether oxygens (including phenoxy) is 1. The summed E-state index contributed by atoms with van der Waals surface area (Å²) in [5, 5.41) is 9.07. The van der Waals surface area contributed by atoms with Crippen molar-refractivity contribution in [3.8, 4) is 11.5 Å². The van der Waals surface area contributed by atoms with Gasteiger partial charge in [-0.05, 0) is 22.6 Å². The number of aromatic hydroxyl groups is 1. The van der Waals surface area contributed by atoms with Gasteiger partial charge >= 0.3 is 6.36 Å². The summed E-state index contributed by atoms with van der Waals surface area (Å²) < 4.78 is 39.0. The Hall–Kier alpha value is -1.06. The summed E-state index contributed by atoms with van der Waals surface area (Å²) in [6, 6.07) is 0. The fraction of sp³-hybridized carbons (Fsp3) is 0.143. The number of rotatable bonds is 2. The summed E-state index contributed by atoms with van der Waals surface area (Å²) in [6.07, 6.45) is -3.95. The van der Waals surface area contributed by atoms with Gasteiger partial charge in [0.15, 0.2) is 17.8 Å². The number of hydrogen-bond donors (Lipinski definition) is 1. The number of halogens is 4. The molecule has 0 spiro atoms. The monoisotopic (exact) mass is 333 g/mol. The molecule has 1 rings (SSSR count). The first kappa shape index (κ1) is 12.0. The molecule has 0 saturated heterocycles. The fourth-order valence-electron chi connectivity index (χ4n) is 0.770. The summed E-state index contributed by atoms with van der Waals surface area (Å²) >= 11 is 1.43. The van der Waals surface area contributed by atoms with Gasteiger partial charge in [-0.25, -0.2) is 4.98 Å². The summed E-state index contributed by atoms with van der Waals surface area (Å²) in [5.74, 6) is -1.59. The molecule has 15 heavy (non-hydrogen) atoms. The number of pyridine rings is 1. The number of nitrogens with zero attached hydrogens (tertiary/aromatic N) is 1. The van der Waals surface area contributed by atoms with Crippen molar-refractivity contribution in [3.63, 3.8) is 0 Å². The Kier molecular flexibility index (Phi) is 3.37. The van der Waals surface area contributed by atoms with Crippen molar-refractivity contribution < 1.29 is 27.8 Å². The van der Waals surface area contributed by atoms with Crippen LogP contribution in [-0.2, 0) is 0 Å². The molecule has 82 valence electrons. The zero-order valence-electron chi connectivity index (χ0n) is 6.88. The van der Waals surface area contributed by atoms with Gasteiger partial charge < -0.3 is 9.84 Å². The molecular weight excluding hydrogens is 330 g/mol. The fourth-order valence-corrected chi connectivity index (χ4v) is 1.42. The van der Waals surface area contributed by atoms with E-state index in [1.807, 2.05) is 0 Å². The van der Waals surface area contributed by atoms with E-state index in [0.29, 0.717) is 6.20 Å². The first-order valence-electron chi connectivity index (χ1n) is 3.43. The van der Waals surface area contributed by atoms with Crippen molar-refractivity contribution in [2.75, 3.05) is 0 Å². The first-order chi connectivity index (χ1) is 6.85. The molecule has 8 heteroatoms. The van der Waals surface area contributed by atoms with Crippen LogP contribution in [0.25, 0.3) is 0 Å². The Morgan fingerprint density at radius 1 is 1.53 bits per heavy atom. The minimum atomic E-state index is -4.93. The van der Waals surface area contributed by atoms with E-state index < -0.39 is 17.9 Å². The molecule has 0 aliphatic rings. The van der Waals surface area contributed by atoms with E-state index in [4.69, 9.17) is 5.11 Å². The van der Waals surface area contributed by atoms with Gasteiger partial charge in [0, 0.05) is 0 Å². The molecule has 0 amide bonds. The molecule has 1 N–H and O–H groups in total. The highest BCUT2D eigenvalue weighted by Gasteiger charge is 2.34. The highest BCUT2D eigenvalue weighted by molar-refractivity contribution is 14.1. The SMILES string of the molecule is O=Cc1ncc(O)c(OC(F)(F)F)c1I. The average Bonchev–Trinajstić information content (AvgIpc) is 2.11. The maximum atomic E-state index is 11.9. The predicted octanol–water partition coefficient (Wildman–Crippen LogP) is 2.10. The Morgan fingerprint density at radius 3 is 2.60 bits per heavy atom. The second kappa shape index (κ2) is 4.21. The van der Waals surface area contributed by atoms with E-state index >= 15 is 0 Å². The number of carbonyl (C=O) groups is 1. The third kappa shape index (κ3) is 2.94. The highest BCUT2D eigenvalue weighted by atomic mass is 127. The van der Waals surface area contributed by atoms with Crippen LogP contribution in [0, 0.1) is 3.57 Å². The van der Waals surface area contributed by atoms with Crippen LogP contribution in [-0.4, -0.2) is 22.7 Å². The van der Waals surface area contributed by atoms with Crippen LogP contribution in [0.15, 0.2) is 6.20 Å². The van der Waals surface area contributed by atoms with Crippen LogP contribution >= 0.6 is 22.6 Å². The number of aldehydes is 1. The number of hydrogen-bond acceptors (Lipinski definition) is 4. The van der Waals surface area contributed by atoms with Crippen molar-refractivity contribution in [1.29, 1.82) is 0 Å². The van der Waals surface area contributed by atoms with Gasteiger partial charge in [-0.1, -0.05) is 0 Å². The minimum absolute atomic E-state index is 0.195. The summed E-state index contributed by atoms with van der Waals surface area (Å²) in [6.45, 7) is 0. The lowest BCUT2D eigenvalue weighted by Gasteiger charge is -2.12. The molecule has 0 aliphatic carbocycles. The number of aromatic nitrogens is 1. The van der Waals surface area contributed by atoms with Gasteiger partial charge in [0.2, 0.25) is 0 Å². The van der Waals surface area contributed by atoms with Crippen LogP contribution in [0.4, 0.5) is 13.2 Å². The molecule has 0 bridgehead atoms. The Labute approximate surface area is 95.2 Å². The molecule has 0 atom stereocenters. The number of carbonyl (C=O) groups excluding carboxylic acids is 1. The topological polar surface area (TPSA) is 59.4 Å². The lowest BCUT2D eigenvalue weighted by atomic mass is 10.3. The Bertz CT molecular complexity index is 394. The second-order valence-corrected chi connectivity index (χ2v) is 3.42. The minimum Gasteiger partial charge on any atom is -0.503 e. The maximum absolute atomic E-state index is 11.9. The summed E-state index contributed by atoms with van der Waals surface area (Å²) in [7, 11) is 0. The van der Waals surface area contributed by atoms with Crippen molar-refractivity contribution in [3.05, 3.63) is 15.5 Å². The quantitative estimate of drug-likeness (QED) is 0.665. The third-order valence-corrected chi connectivity index (χ3v) is 2.35. The average molecular weight is 333 g/mol. The summed E-state index contributed by atoms with van der Waals surface area (Å²) in [5.41, 5.74) is -0.229. The van der Waals surface area contributed by atoms with Crippen LogP contribution in [0.2, 0.25) is 0 Å². The van der Waals surface area contributed by atoms with Crippen LogP contribution in [0.5, 0.6) is 11.5 Å². The molecule has 1 heterocycles. The van der Waals surface area contributed by atoms with Crippen LogP contribution in [0.1, 0.15) is 10.5 Å². The molecule has 0 fully saturated rings. The zero-order chi connectivity index (χ0) is 11.6. The van der Waals surface area contributed by atoms with E-state index in [1.54, 1.807) is 0 Å². The summed E-state index contributed by atoms with van der Waals surface area (Å²) in [4.78, 5) is 13.8. The normalized spacial score (nSPS) is 11.2. The van der Waals surface area contributed by atoms with Crippen LogP contribution in [0.3, 0.4) is 0 Å². The zero-order valence-corrected chi connectivity index (χ0v) is 9.03.